The maximum absolute atomic E-state index is 11.2. The van der Waals surface area contributed by atoms with E-state index in [4.69, 9.17) is 4.74 Å². The van der Waals surface area contributed by atoms with Gasteiger partial charge in [-0.05, 0) is 18.4 Å². The minimum absolute atomic E-state index is 0.308. The third-order valence-electron chi connectivity index (χ3n) is 2.29. The molecule has 0 atom stereocenters. The smallest absolute Gasteiger partial charge is 0.338 e. The van der Waals surface area contributed by atoms with E-state index in [1.54, 1.807) is 6.92 Å². The van der Waals surface area contributed by atoms with Gasteiger partial charge in [-0.2, -0.15) is 0 Å². The summed E-state index contributed by atoms with van der Waals surface area (Å²) in [6.07, 6.45) is 1.37. The maximum Gasteiger partial charge on any atom is 0.338 e. The normalized spacial score (nSPS) is 9.65. The van der Waals surface area contributed by atoms with Crippen LogP contribution >= 0.6 is 0 Å². The zero-order chi connectivity index (χ0) is 12.7. The molecule has 0 spiro atoms. The Morgan fingerprint density at radius 3 is 2.53 bits per heavy atom. The molecule has 0 unspecified atom stereocenters. The molecule has 0 N–H and O–H groups in total. The van der Waals surface area contributed by atoms with Crippen molar-refractivity contribution in [3.8, 4) is 0 Å². The van der Waals surface area contributed by atoms with Crippen molar-refractivity contribution in [1.82, 2.24) is 0 Å². The van der Waals surface area contributed by atoms with Crippen LogP contribution in [0.3, 0.4) is 0 Å². The van der Waals surface area contributed by atoms with Crippen LogP contribution in [0.5, 0.6) is 0 Å². The molecule has 1 rings (SSSR count). The van der Waals surface area contributed by atoms with Gasteiger partial charge in [-0.3, -0.25) is 0 Å². The molecule has 0 bridgehead atoms. The summed E-state index contributed by atoms with van der Waals surface area (Å²) in [6.45, 7) is 6.33. The molecule has 0 radical (unpaired) electrons. The van der Waals surface area contributed by atoms with Crippen molar-refractivity contribution in [2.24, 2.45) is 5.92 Å². The van der Waals surface area contributed by atoms with Crippen LogP contribution < -0.4 is 0 Å². The number of esters is 1. The molecule has 0 aliphatic rings. The van der Waals surface area contributed by atoms with Gasteiger partial charge in [0.05, 0.1) is 12.7 Å². The van der Waals surface area contributed by atoms with Crippen molar-refractivity contribution in [2.75, 3.05) is 6.61 Å². The molecule has 90 valence electrons. The van der Waals surface area contributed by atoms with E-state index in [1.165, 1.54) is 6.08 Å². The fourth-order valence-electron chi connectivity index (χ4n) is 1.52. The number of hydrogen-bond acceptors (Lipinski definition) is 2. The second kappa shape index (κ2) is 6.72. The molecule has 0 fully saturated rings. The summed E-state index contributed by atoms with van der Waals surface area (Å²) < 4.78 is 4.84. The molecule has 2 heteroatoms. The molecule has 1 aromatic rings. The Bertz CT molecular complexity index is 423. The first kappa shape index (κ1) is 13.3. The highest BCUT2D eigenvalue weighted by atomic mass is 16.5. The Labute approximate surface area is 103 Å². The van der Waals surface area contributed by atoms with Gasteiger partial charge in [0.25, 0.3) is 0 Å². The van der Waals surface area contributed by atoms with E-state index in [0.717, 1.165) is 11.1 Å². The van der Waals surface area contributed by atoms with Crippen LogP contribution in [0.25, 0.3) is 5.57 Å². The van der Waals surface area contributed by atoms with Crippen molar-refractivity contribution in [3.63, 3.8) is 0 Å². The summed E-state index contributed by atoms with van der Waals surface area (Å²) in [6, 6.07) is 9.95. The standard InChI is InChI=1S/C15H18O2/c1-4-17-15(16)11-10-14(12(2)3)13-8-6-5-7-9-13/h5-9,11-12H,4H2,1-3H3. The Morgan fingerprint density at radius 1 is 1.35 bits per heavy atom. The van der Waals surface area contributed by atoms with Crippen molar-refractivity contribution in [2.45, 2.75) is 20.8 Å². The van der Waals surface area contributed by atoms with Crippen molar-refractivity contribution in [3.05, 3.63) is 47.7 Å². The molecule has 0 heterocycles. The van der Waals surface area contributed by atoms with Gasteiger partial charge in [0.15, 0.2) is 0 Å². The van der Waals surface area contributed by atoms with E-state index in [2.05, 4.69) is 19.6 Å². The van der Waals surface area contributed by atoms with E-state index in [9.17, 15) is 4.79 Å². The first-order valence-corrected chi connectivity index (χ1v) is 5.84. The van der Waals surface area contributed by atoms with Crippen LogP contribution in [0.4, 0.5) is 0 Å². The van der Waals surface area contributed by atoms with Crippen LogP contribution in [-0.4, -0.2) is 12.6 Å². The molecular weight excluding hydrogens is 212 g/mol. The molecule has 0 aliphatic heterocycles. The molecule has 0 saturated carbocycles. The maximum atomic E-state index is 11.2. The lowest BCUT2D eigenvalue weighted by Crippen LogP contribution is -1.99. The lowest BCUT2D eigenvalue weighted by Gasteiger charge is -2.08. The van der Waals surface area contributed by atoms with Crippen molar-refractivity contribution >= 4 is 11.5 Å². The van der Waals surface area contributed by atoms with E-state index >= 15 is 0 Å². The van der Waals surface area contributed by atoms with Crippen molar-refractivity contribution in [1.29, 1.82) is 0 Å². The van der Waals surface area contributed by atoms with Gasteiger partial charge in [0.2, 0.25) is 0 Å². The zero-order valence-electron chi connectivity index (χ0n) is 10.6. The Balaban J connectivity index is 3.02. The first-order chi connectivity index (χ1) is 8.15. The first-order valence-electron chi connectivity index (χ1n) is 5.84. The van der Waals surface area contributed by atoms with Gasteiger partial charge in [-0.25, -0.2) is 4.79 Å². The highest BCUT2D eigenvalue weighted by molar-refractivity contribution is 5.83. The van der Waals surface area contributed by atoms with Gasteiger partial charge in [-0.1, -0.05) is 44.2 Å². The zero-order valence-corrected chi connectivity index (χ0v) is 10.6. The highest BCUT2D eigenvalue weighted by Gasteiger charge is 2.05. The molecule has 0 amide bonds. The SMILES string of the molecule is CCOC(=O)C=C=C(c1ccccc1)C(C)C. The van der Waals surface area contributed by atoms with Crippen LogP contribution in [0.15, 0.2) is 42.1 Å². The fraction of sp³-hybridized carbons (Fsp3) is 0.333. The molecule has 17 heavy (non-hydrogen) atoms. The summed E-state index contributed by atoms with van der Waals surface area (Å²) in [5, 5.41) is 0. The number of carbonyl (C=O) groups is 1. The number of benzene rings is 1. The second-order valence-electron chi connectivity index (χ2n) is 3.98. The van der Waals surface area contributed by atoms with Crippen LogP contribution in [0.1, 0.15) is 26.3 Å². The van der Waals surface area contributed by atoms with E-state index in [0.29, 0.717) is 12.5 Å². The number of carbonyl (C=O) groups excluding carboxylic acids is 1. The molecule has 1 aromatic carbocycles. The quantitative estimate of drug-likeness (QED) is 0.450. The minimum atomic E-state index is -0.346. The molecule has 0 aromatic heterocycles. The monoisotopic (exact) mass is 230 g/mol. The highest BCUT2D eigenvalue weighted by Crippen LogP contribution is 2.21. The summed E-state index contributed by atoms with van der Waals surface area (Å²) in [5.74, 6) is -0.0374. The molecular formula is C15H18O2. The van der Waals surface area contributed by atoms with Gasteiger partial charge < -0.3 is 4.74 Å². The molecule has 0 aliphatic carbocycles. The lowest BCUT2D eigenvalue weighted by molar-refractivity contribution is -0.137. The molecule has 2 nitrogen and oxygen atoms in total. The van der Waals surface area contributed by atoms with E-state index < -0.39 is 0 Å². The fourth-order valence-corrected chi connectivity index (χ4v) is 1.52. The lowest BCUT2D eigenvalue weighted by atomic mass is 9.96. The van der Waals surface area contributed by atoms with Crippen LogP contribution in [0.2, 0.25) is 0 Å². The Kier molecular flexibility index (Phi) is 5.25. The van der Waals surface area contributed by atoms with Crippen molar-refractivity contribution < 1.29 is 9.53 Å². The van der Waals surface area contributed by atoms with Gasteiger partial charge in [0.1, 0.15) is 0 Å². The second-order valence-corrected chi connectivity index (χ2v) is 3.98. The summed E-state index contributed by atoms with van der Waals surface area (Å²) in [4.78, 5) is 11.2. The van der Waals surface area contributed by atoms with Gasteiger partial charge in [0, 0.05) is 5.57 Å². The van der Waals surface area contributed by atoms with Crippen LogP contribution in [-0.2, 0) is 9.53 Å². The number of rotatable bonds is 4. The number of ether oxygens (including phenoxy) is 1. The predicted octanol–water partition coefficient (Wildman–Crippen LogP) is 3.44. The minimum Gasteiger partial charge on any atom is -0.462 e. The number of hydrogen-bond donors (Lipinski definition) is 0. The summed E-state index contributed by atoms with van der Waals surface area (Å²) >= 11 is 0. The summed E-state index contributed by atoms with van der Waals surface area (Å²) in [5.41, 5.74) is 5.14. The average Bonchev–Trinajstić information content (AvgIpc) is 2.30. The van der Waals surface area contributed by atoms with Crippen LogP contribution in [0, 0.1) is 5.92 Å². The summed E-state index contributed by atoms with van der Waals surface area (Å²) in [7, 11) is 0. The Morgan fingerprint density at radius 2 is 2.00 bits per heavy atom. The van der Waals surface area contributed by atoms with E-state index in [1.807, 2.05) is 30.3 Å². The Hall–Kier alpha value is -1.79. The molecule has 0 saturated heterocycles. The predicted molar refractivity (Wildman–Crippen MR) is 69.4 cm³/mol. The third-order valence-corrected chi connectivity index (χ3v) is 2.29. The van der Waals surface area contributed by atoms with Gasteiger partial charge in [-0.15, -0.1) is 5.73 Å². The topological polar surface area (TPSA) is 26.3 Å². The third kappa shape index (κ3) is 4.29. The largest absolute Gasteiger partial charge is 0.462 e. The average molecular weight is 230 g/mol. The van der Waals surface area contributed by atoms with E-state index in [-0.39, 0.29) is 5.97 Å². The van der Waals surface area contributed by atoms with Gasteiger partial charge >= 0.3 is 5.97 Å².